The minimum absolute atomic E-state index is 0.176. The molecule has 1 rings (SSSR count). The summed E-state index contributed by atoms with van der Waals surface area (Å²) in [5.41, 5.74) is 0. The standard InChI is InChI=1S/C3H6N2O5/c6-1-2(7)5(10)3(8)4(1)9/h1-2,6-7,9-10H. The summed E-state index contributed by atoms with van der Waals surface area (Å²) in [6, 6.07) is -1.26. The van der Waals surface area contributed by atoms with Gasteiger partial charge in [0, 0.05) is 0 Å². The second kappa shape index (κ2) is 2.06. The number of hydrogen-bond donors (Lipinski definition) is 4. The molecule has 7 heteroatoms. The average molecular weight is 150 g/mol. The van der Waals surface area contributed by atoms with E-state index in [4.69, 9.17) is 20.6 Å². The van der Waals surface area contributed by atoms with E-state index in [1.165, 1.54) is 0 Å². The van der Waals surface area contributed by atoms with Crippen LogP contribution in [-0.4, -0.2) is 49.2 Å². The molecule has 0 radical (unpaired) electrons. The number of hydrogen-bond acceptors (Lipinski definition) is 5. The third-order valence-corrected chi connectivity index (χ3v) is 1.16. The summed E-state index contributed by atoms with van der Waals surface area (Å²) in [6.07, 6.45) is -3.59. The topological polar surface area (TPSA) is 104 Å². The Labute approximate surface area is 55.2 Å². The number of hydroxylamine groups is 4. The Morgan fingerprint density at radius 1 is 1.10 bits per heavy atom. The molecule has 2 unspecified atom stereocenters. The van der Waals surface area contributed by atoms with Crippen LogP contribution in [0.1, 0.15) is 0 Å². The van der Waals surface area contributed by atoms with E-state index in [1.807, 2.05) is 0 Å². The molecule has 2 atom stereocenters. The Hall–Kier alpha value is -0.890. The molecule has 1 fully saturated rings. The van der Waals surface area contributed by atoms with Crippen molar-refractivity contribution < 1.29 is 25.4 Å². The first kappa shape index (κ1) is 7.22. The van der Waals surface area contributed by atoms with Crippen LogP contribution in [0.5, 0.6) is 0 Å². The van der Waals surface area contributed by atoms with Crippen molar-refractivity contribution in [2.24, 2.45) is 0 Å². The van der Waals surface area contributed by atoms with Crippen LogP contribution in [0.25, 0.3) is 0 Å². The molecule has 0 aromatic heterocycles. The van der Waals surface area contributed by atoms with Crippen molar-refractivity contribution in [2.75, 3.05) is 0 Å². The molecule has 7 nitrogen and oxygen atoms in total. The van der Waals surface area contributed by atoms with Crippen LogP contribution >= 0.6 is 0 Å². The van der Waals surface area contributed by atoms with Gasteiger partial charge in [-0.2, -0.15) is 10.1 Å². The summed E-state index contributed by atoms with van der Waals surface area (Å²) in [7, 11) is 0. The van der Waals surface area contributed by atoms with Crippen LogP contribution in [-0.2, 0) is 0 Å². The van der Waals surface area contributed by atoms with E-state index in [0.717, 1.165) is 0 Å². The summed E-state index contributed by atoms with van der Waals surface area (Å²) < 4.78 is 0. The zero-order valence-electron chi connectivity index (χ0n) is 4.75. The van der Waals surface area contributed by atoms with E-state index in [9.17, 15) is 4.79 Å². The molecule has 0 bridgehead atoms. The smallest absolute Gasteiger partial charge is 0.367 e. The fourth-order valence-corrected chi connectivity index (χ4v) is 0.584. The van der Waals surface area contributed by atoms with Crippen LogP contribution in [0.3, 0.4) is 0 Å². The van der Waals surface area contributed by atoms with Gasteiger partial charge in [-0.25, -0.2) is 4.79 Å². The highest BCUT2D eigenvalue weighted by Crippen LogP contribution is 2.14. The number of carbonyl (C=O) groups is 1. The van der Waals surface area contributed by atoms with Crippen molar-refractivity contribution in [1.29, 1.82) is 0 Å². The Morgan fingerprint density at radius 2 is 1.40 bits per heavy atom. The third-order valence-electron chi connectivity index (χ3n) is 1.16. The molecule has 2 amide bonds. The van der Waals surface area contributed by atoms with Crippen molar-refractivity contribution in [2.45, 2.75) is 12.5 Å². The first-order valence-corrected chi connectivity index (χ1v) is 2.42. The van der Waals surface area contributed by atoms with E-state index >= 15 is 0 Å². The summed E-state index contributed by atoms with van der Waals surface area (Å²) in [6.45, 7) is 0. The molecular weight excluding hydrogens is 144 g/mol. The maximum atomic E-state index is 10.4. The lowest BCUT2D eigenvalue weighted by atomic mass is 10.5. The molecule has 0 saturated carbocycles. The Bertz CT molecular complexity index is 145. The van der Waals surface area contributed by atoms with Gasteiger partial charge in [-0.15, -0.1) is 0 Å². The summed E-state index contributed by atoms with van der Waals surface area (Å²) in [4.78, 5) is 10.4. The first-order chi connectivity index (χ1) is 4.55. The van der Waals surface area contributed by atoms with E-state index in [0.29, 0.717) is 0 Å². The Balaban J connectivity index is 2.78. The lowest BCUT2D eigenvalue weighted by Gasteiger charge is -2.10. The van der Waals surface area contributed by atoms with Gasteiger partial charge >= 0.3 is 6.03 Å². The lowest BCUT2D eigenvalue weighted by Crippen LogP contribution is -2.34. The van der Waals surface area contributed by atoms with Crippen molar-refractivity contribution in [1.82, 2.24) is 10.1 Å². The summed E-state index contributed by atoms with van der Waals surface area (Å²) >= 11 is 0. The first-order valence-electron chi connectivity index (χ1n) is 2.42. The van der Waals surface area contributed by atoms with Crippen LogP contribution < -0.4 is 0 Å². The van der Waals surface area contributed by atoms with Gasteiger partial charge in [0.25, 0.3) is 0 Å². The van der Waals surface area contributed by atoms with Crippen LogP contribution in [0.2, 0.25) is 0 Å². The number of carbonyl (C=O) groups excluding carboxylic acids is 1. The second-order valence-electron chi connectivity index (χ2n) is 1.80. The highest BCUT2D eigenvalue weighted by molar-refractivity contribution is 5.74. The maximum Gasteiger partial charge on any atom is 0.372 e. The maximum absolute atomic E-state index is 10.4. The lowest BCUT2D eigenvalue weighted by molar-refractivity contribution is -0.196. The predicted octanol–water partition coefficient (Wildman–Crippen LogP) is -1.86. The van der Waals surface area contributed by atoms with E-state index in [1.54, 1.807) is 0 Å². The number of nitrogens with zero attached hydrogens (tertiary/aromatic N) is 2. The van der Waals surface area contributed by atoms with Gasteiger partial charge in [0.1, 0.15) is 0 Å². The molecular formula is C3H6N2O5. The van der Waals surface area contributed by atoms with Gasteiger partial charge in [0.2, 0.25) is 12.5 Å². The third kappa shape index (κ3) is 0.727. The van der Waals surface area contributed by atoms with Gasteiger partial charge in [0.05, 0.1) is 0 Å². The van der Waals surface area contributed by atoms with E-state index in [-0.39, 0.29) is 10.1 Å². The molecule has 1 aliphatic heterocycles. The summed E-state index contributed by atoms with van der Waals surface area (Å²) in [5, 5.41) is 33.8. The number of urea groups is 1. The quantitative estimate of drug-likeness (QED) is 0.303. The van der Waals surface area contributed by atoms with Crippen molar-refractivity contribution in [3.8, 4) is 0 Å². The SMILES string of the molecule is O=C1N(O)C(O)C(O)N1O. The van der Waals surface area contributed by atoms with Gasteiger partial charge in [0.15, 0.2) is 0 Å². The molecule has 1 aliphatic rings. The van der Waals surface area contributed by atoms with Gasteiger partial charge < -0.3 is 10.2 Å². The van der Waals surface area contributed by atoms with Crippen molar-refractivity contribution >= 4 is 6.03 Å². The van der Waals surface area contributed by atoms with Crippen LogP contribution in [0, 0.1) is 0 Å². The monoisotopic (exact) mass is 150 g/mol. The molecule has 1 heterocycles. The normalized spacial score (nSPS) is 33.8. The van der Waals surface area contributed by atoms with Gasteiger partial charge in [-0.3, -0.25) is 10.4 Å². The fraction of sp³-hybridized carbons (Fsp3) is 0.667. The van der Waals surface area contributed by atoms with Crippen LogP contribution in [0.15, 0.2) is 0 Å². The van der Waals surface area contributed by atoms with E-state index in [2.05, 4.69) is 0 Å². The minimum Gasteiger partial charge on any atom is -0.367 e. The molecule has 4 N–H and O–H groups in total. The number of aliphatic hydroxyl groups excluding tert-OH is 2. The van der Waals surface area contributed by atoms with E-state index < -0.39 is 18.5 Å². The molecule has 0 aliphatic carbocycles. The van der Waals surface area contributed by atoms with Crippen molar-refractivity contribution in [3.05, 3.63) is 0 Å². The Morgan fingerprint density at radius 3 is 1.50 bits per heavy atom. The number of amides is 2. The zero-order chi connectivity index (χ0) is 7.89. The second-order valence-corrected chi connectivity index (χ2v) is 1.80. The number of rotatable bonds is 0. The molecule has 1 saturated heterocycles. The average Bonchev–Trinajstić information content (AvgIpc) is 2.07. The highest BCUT2D eigenvalue weighted by Gasteiger charge is 2.43. The molecule has 10 heavy (non-hydrogen) atoms. The van der Waals surface area contributed by atoms with Gasteiger partial charge in [-0.05, 0) is 0 Å². The number of aliphatic hydroxyl groups is 2. The zero-order valence-corrected chi connectivity index (χ0v) is 4.75. The highest BCUT2D eigenvalue weighted by atomic mass is 16.6. The predicted molar refractivity (Wildman–Crippen MR) is 24.7 cm³/mol. The molecule has 0 aromatic rings. The van der Waals surface area contributed by atoms with Gasteiger partial charge in [-0.1, -0.05) is 0 Å². The minimum atomic E-state index is -1.79. The molecule has 0 aromatic carbocycles. The van der Waals surface area contributed by atoms with Crippen molar-refractivity contribution in [3.63, 3.8) is 0 Å². The summed E-state index contributed by atoms with van der Waals surface area (Å²) in [5.74, 6) is 0. The largest absolute Gasteiger partial charge is 0.372 e. The molecule has 58 valence electrons. The Kier molecular flexibility index (Phi) is 1.49. The fourth-order valence-electron chi connectivity index (χ4n) is 0.584. The molecule has 0 spiro atoms. The van der Waals surface area contributed by atoms with Crippen LogP contribution in [0.4, 0.5) is 4.79 Å².